The largest absolute Gasteiger partial charge is 0.508 e. The van der Waals surface area contributed by atoms with Crippen molar-refractivity contribution in [2.24, 2.45) is 11.6 Å². The summed E-state index contributed by atoms with van der Waals surface area (Å²) in [5.41, 5.74) is 12.0. The van der Waals surface area contributed by atoms with Gasteiger partial charge in [-0.3, -0.25) is 25.2 Å². The van der Waals surface area contributed by atoms with Gasteiger partial charge >= 0.3 is 0 Å². The smallest absolute Gasteiger partial charge is 0.240 e. The Morgan fingerprint density at radius 3 is 2.18 bits per heavy atom. The fourth-order valence-corrected chi connectivity index (χ4v) is 3.92. The van der Waals surface area contributed by atoms with Gasteiger partial charge in [0.1, 0.15) is 17.7 Å². The average molecular weight is 624 g/mol. The highest BCUT2D eigenvalue weighted by molar-refractivity contribution is 5.86. The molecule has 2 aromatic carbocycles. The minimum absolute atomic E-state index is 0.0650. The number of aryl methyl sites for hydroxylation is 1. The quantitative estimate of drug-likeness (QED) is 0.115. The molecular weight excluding hydrogens is 570 g/mol. The van der Waals surface area contributed by atoms with Gasteiger partial charge < -0.3 is 26.5 Å². The van der Waals surface area contributed by atoms with Crippen molar-refractivity contribution in [1.29, 1.82) is 0 Å². The molecule has 7 N–H and O–H groups in total. The van der Waals surface area contributed by atoms with Crippen LogP contribution in [0.25, 0.3) is 0 Å². The van der Waals surface area contributed by atoms with Crippen molar-refractivity contribution >= 4 is 18.1 Å². The fraction of sp³-hybridized carbons (Fsp3) is 0.382. The van der Waals surface area contributed by atoms with Crippen LogP contribution in [-0.4, -0.2) is 71.5 Å². The molecule has 0 bridgehead atoms. The summed E-state index contributed by atoms with van der Waals surface area (Å²) < 4.78 is 0. The second kappa shape index (κ2) is 23.9. The van der Waals surface area contributed by atoms with E-state index in [2.05, 4.69) is 29.8 Å². The lowest BCUT2D eigenvalue weighted by atomic mass is 10.2. The molecule has 0 aliphatic carbocycles. The molecule has 2 amide bonds. The molecule has 1 unspecified atom stereocenters. The van der Waals surface area contributed by atoms with Gasteiger partial charge in [-0.15, -0.1) is 0 Å². The van der Waals surface area contributed by atoms with Crippen LogP contribution in [-0.2, 0) is 20.9 Å². The number of Topliss-reactive ketones (excluding diaryl/α,β-unsaturated/α-hetero) is 1. The number of aromatic hydroxyl groups is 1. The Labute approximate surface area is 269 Å². The summed E-state index contributed by atoms with van der Waals surface area (Å²) in [6, 6.07) is 17.4. The van der Waals surface area contributed by atoms with E-state index in [1.54, 1.807) is 30.3 Å². The fourth-order valence-electron chi connectivity index (χ4n) is 3.92. The van der Waals surface area contributed by atoms with Crippen LogP contribution in [0.5, 0.6) is 5.75 Å². The summed E-state index contributed by atoms with van der Waals surface area (Å²) >= 11 is 0. The lowest BCUT2D eigenvalue weighted by Crippen LogP contribution is -2.64. The van der Waals surface area contributed by atoms with E-state index in [1.807, 2.05) is 76.4 Å². The standard InChI is InChI=1S/C10H17N3O3.C9H17N3.C8H11N.C7H8O/c1-4-9-12(5-8(2)15)10(16)6-11(3)13(9)7-14;1-3-5-6-7-9(12-11)8(10)4-2;1-9-7-8-5-3-2-4-6-8;1-6-2-4-7(8)5-3-6/h7,9H,4-6H2,1-3H3;4-7,12H,3,10-11H2,1-2H3;2-6,9H,7H2,1H3;2-5,8H,1H3/b;6-5+,8-4+,9-7+;;. The first-order valence-electron chi connectivity index (χ1n) is 14.9. The minimum atomic E-state index is -0.354. The van der Waals surface area contributed by atoms with Crippen LogP contribution >= 0.6 is 0 Å². The molecule has 0 aromatic heterocycles. The van der Waals surface area contributed by atoms with E-state index in [-0.39, 0.29) is 30.9 Å². The van der Waals surface area contributed by atoms with Crippen LogP contribution in [0, 0.1) is 6.92 Å². The number of amides is 2. The summed E-state index contributed by atoms with van der Waals surface area (Å²) in [5.74, 6) is 5.38. The van der Waals surface area contributed by atoms with Gasteiger partial charge in [0.25, 0.3) is 0 Å². The zero-order chi connectivity index (χ0) is 34.2. The second-order valence-corrected chi connectivity index (χ2v) is 10.1. The first kappa shape index (κ1) is 40.6. The third kappa shape index (κ3) is 16.8. The van der Waals surface area contributed by atoms with Crippen LogP contribution in [0.1, 0.15) is 51.7 Å². The molecule has 1 fully saturated rings. The zero-order valence-electron chi connectivity index (χ0n) is 27.9. The van der Waals surface area contributed by atoms with Gasteiger partial charge in [-0.2, -0.15) is 0 Å². The zero-order valence-corrected chi connectivity index (χ0v) is 27.9. The number of hydrazine groups is 2. The lowest BCUT2D eigenvalue weighted by Gasteiger charge is -2.45. The van der Waals surface area contributed by atoms with E-state index in [0.717, 1.165) is 18.7 Å². The van der Waals surface area contributed by atoms with Gasteiger partial charge in [-0.1, -0.05) is 80.1 Å². The summed E-state index contributed by atoms with van der Waals surface area (Å²) in [6.07, 6.45) is 9.53. The lowest BCUT2D eigenvalue weighted by molar-refractivity contribution is -0.178. The number of carbonyl (C=O) groups excluding carboxylic acids is 3. The first-order chi connectivity index (χ1) is 21.5. The van der Waals surface area contributed by atoms with Crippen molar-refractivity contribution in [2.45, 2.75) is 60.2 Å². The van der Waals surface area contributed by atoms with Gasteiger partial charge in [-0.05, 0) is 64.4 Å². The maximum Gasteiger partial charge on any atom is 0.240 e. The number of nitrogens with zero attached hydrogens (tertiary/aromatic N) is 3. The normalized spacial score (nSPS) is 15.2. The minimum Gasteiger partial charge on any atom is -0.508 e. The molecule has 11 nitrogen and oxygen atoms in total. The Morgan fingerprint density at radius 1 is 1.11 bits per heavy atom. The summed E-state index contributed by atoms with van der Waals surface area (Å²) in [5, 5.41) is 14.9. The number of rotatable bonds is 10. The molecule has 1 aliphatic heterocycles. The third-order valence-corrected chi connectivity index (χ3v) is 6.28. The van der Waals surface area contributed by atoms with Gasteiger partial charge in [0.05, 0.1) is 24.5 Å². The monoisotopic (exact) mass is 623 g/mol. The predicted octanol–water partition coefficient (Wildman–Crippen LogP) is 3.73. The molecule has 248 valence electrons. The van der Waals surface area contributed by atoms with E-state index in [4.69, 9.17) is 16.7 Å². The van der Waals surface area contributed by atoms with Crippen molar-refractivity contribution in [3.63, 3.8) is 0 Å². The van der Waals surface area contributed by atoms with Gasteiger partial charge in [0, 0.05) is 13.6 Å². The number of nitrogens with two attached hydrogens (primary N) is 2. The number of hydrogen-bond donors (Lipinski definition) is 5. The highest BCUT2D eigenvalue weighted by Gasteiger charge is 2.35. The Balaban J connectivity index is 0.000000595. The molecule has 3 rings (SSSR count). The van der Waals surface area contributed by atoms with E-state index in [9.17, 15) is 14.4 Å². The van der Waals surface area contributed by atoms with Crippen molar-refractivity contribution in [3.05, 3.63) is 101 Å². The number of benzene rings is 2. The van der Waals surface area contributed by atoms with Crippen molar-refractivity contribution in [2.75, 3.05) is 27.2 Å². The molecule has 0 radical (unpaired) electrons. The molecule has 1 aliphatic rings. The molecule has 2 aromatic rings. The SMILES string of the molecule is CCC1N(CC(C)=O)C(=O)CN(C)N1C=O.CNCc1ccccc1.C\C=C(N)/C(=C\C=C\CC)NN.Cc1ccc(O)cc1. The molecule has 0 spiro atoms. The van der Waals surface area contributed by atoms with Crippen LogP contribution in [0.2, 0.25) is 0 Å². The van der Waals surface area contributed by atoms with Crippen LogP contribution in [0.4, 0.5) is 0 Å². The number of phenolic OH excluding ortho intramolecular Hbond substituents is 1. The Hall–Kier alpha value is -4.45. The highest BCUT2D eigenvalue weighted by atomic mass is 16.3. The number of ketones is 1. The van der Waals surface area contributed by atoms with Crippen LogP contribution in [0.3, 0.4) is 0 Å². The van der Waals surface area contributed by atoms with Gasteiger partial charge in [-0.25, -0.2) is 5.01 Å². The Bertz CT molecular complexity index is 1190. The summed E-state index contributed by atoms with van der Waals surface area (Å²) in [4.78, 5) is 35.2. The maximum atomic E-state index is 11.8. The van der Waals surface area contributed by atoms with E-state index < -0.39 is 0 Å². The first-order valence-corrected chi connectivity index (χ1v) is 14.9. The maximum absolute atomic E-state index is 11.8. The van der Waals surface area contributed by atoms with Crippen molar-refractivity contribution in [1.82, 2.24) is 25.7 Å². The van der Waals surface area contributed by atoms with Crippen LogP contribution in [0.15, 0.2) is 90.3 Å². The van der Waals surface area contributed by atoms with Crippen molar-refractivity contribution in [3.8, 4) is 5.75 Å². The number of phenols is 1. The average Bonchev–Trinajstić information content (AvgIpc) is 3.03. The van der Waals surface area contributed by atoms with E-state index in [0.29, 0.717) is 24.3 Å². The van der Waals surface area contributed by atoms with Gasteiger partial charge in [0.2, 0.25) is 12.3 Å². The van der Waals surface area contributed by atoms with Crippen molar-refractivity contribution < 1.29 is 19.5 Å². The topological polar surface area (TPSA) is 157 Å². The number of likely N-dealkylation sites (N-methyl/N-ethyl adjacent to an activating group) is 1. The number of carbonyl (C=O) groups is 3. The second-order valence-electron chi connectivity index (χ2n) is 10.1. The molecule has 1 heterocycles. The van der Waals surface area contributed by atoms with Crippen LogP contribution < -0.4 is 22.3 Å². The molecular formula is C34H53N7O4. The van der Waals surface area contributed by atoms with E-state index >= 15 is 0 Å². The highest BCUT2D eigenvalue weighted by Crippen LogP contribution is 2.16. The molecule has 1 atom stereocenters. The Kier molecular flexibility index (Phi) is 21.6. The number of allylic oxidation sites excluding steroid dienone is 4. The number of hydrogen-bond acceptors (Lipinski definition) is 9. The summed E-state index contributed by atoms with van der Waals surface area (Å²) in [6.45, 7) is 10.4. The predicted molar refractivity (Wildman–Crippen MR) is 182 cm³/mol. The molecule has 1 saturated heterocycles. The molecule has 45 heavy (non-hydrogen) atoms. The van der Waals surface area contributed by atoms with Gasteiger partial charge in [0.15, 0.2) is 0 Å². The number of nitrogens with one attached hydrogen (secondary N) is 2. The third-order valence-electron chi connectivity index (χ3n) is 6.28. The molecule has 11 heteroatoms. The van der Waals surface area contributed by atoms with E-state index in [1.165, 1.54) is 28.0 Å². The Morgan fingerprint density at radius 2 is 1.73 bits per heavy atom. The summed E-state index contributed by atoms with van der Waals surface area (Å²) in [7, 11) is 3.63. The molecule has 0 saturated carbocycles.